The van der Waals surface area contributed by atoms with Crippen molar-refractivity contribution in [3.63, 3.8) is 0 Å². The second-order valence-corrected chi connectivity index (χ2v) is 9.90. The molecule has 0 spiro atoms. The molecule has 1 unspecified atom stereocenters. The van der Waals surface area contributed by atoms with Crippen LogP contribution in [0.4, 0.5) is 0 Å². The SMILES string of the molecule is CC(C)(C)c1ccc(-c2noc(CN3CCCC(C(=O)NC4CCCC4)C3)n2)cc1. The predicted octanol–water partition coefficient (Wildman–Crippen LogP) is 4.30. The van der Waals surface area contributed by atoms with E-state index < -0.39 is 0 Å². The third-order valence-corrected chi connectivity index (χ3v) is 6.41. The van der Waals surface area contributed by atoms with E-state index in [9.17, 15) is 4.79 Å². The molecule has 1 saturated heterocycles. The molecule has 1 N–H and O–H groups in total. The van der Waals surface area contributed by atoms with Crippen LogP contribution in [0.5, 0.6) is 0 Å². The van der Waals surface area contributed by atoms with Crippen molar-refractivity contribution in [3.05, 3.63) is 35.7 Å². The maximum Gasteiger partial charge on any atom is 0.241 e. The van der Waals surface area contributed by atoms with Gasteiger partial charge in [0, 0.05) is 18.2 Å². The summed E-state index contributed by atoms with van der Waals surface area (Å²) in [7, 11) is 0. The Kier molecular flexibility index (Phi) is 6.23. The van der Waals surface area contributed by atoms with Gasteiger partial charge in [0.25, 0.3) is 0 Å². The van der Waals surface area contributed by atoms with E-state index in [1.54, 1.807) is 0 Å². The van der Waals surface area contributed by atoms with Gasteiger partial charge in [-0.05, 0) is 43.2 Å². The second kappa shape index (κ2) is 8.88. The zero-order valence-electron chi connectivity index (χ0n) is 18.5. The monoisotopic (exact) mass is 410 g/mol. The number of carbonyl (C=O) groups excluding carboxylic acids is 1. The normalized spacial score (nSPS) is 21.1. The fraction of sp³-hybridized carbons (Fsp3) is 0.625. The van der Waals surface area contributed by atoms with Crippen LogP contribution in [0.25, 0.3) is 11.4 Å². The van der Waals surface area contributed by atoms with Gasteiger partial charge in [0.15, 0.2) is 0 Å². The molecule has 1 amide bonds. The van der Waals surface area contributed by atoms with Crippen molar-refractivity contribution in [3.8, 4) is 11.4 Å². The zero-order chi connectivity index (χ0) is 21.1. The van der Waals surface area contributed by atoms with Crippen LogP contribution in [0.1, 0.15) is 70.8 Å². The lowest BCUT2D eigenvalue weighted by atomic mass is 9.87. The lowest BCUT2D eigenvalue weighted by molar-refractivity contribution is -0.127. The van der Waals surface area contributed by atoms with Gasteiger partial charge in [0.2, 0.25) is 17.6 Å². The summed E-state index contributed by atoms with van der Waals surface area (Å²) in [5.41, 5.74) is 2.37. The Morgan fingerprint density at radius 3 is 2.57 bits per heavy atom. The number of nitrogens with zero attached hydrogens (tertiary/aromatic N) is 3. The minimum Gasteiger partial charge on any atom is -0.353 e. The quantitative estimate of drug-likeness (QED) is 0.795. The first-order valence-electron chi connectivity index (χ1n) is 11.3. The van der Waals surface area contributed by atoms with Gasteiger partial charge in [0.1, 0.15) is 0 Å². The Morgan fingerprint density at radius 1 is 1.13 bits per heavy atom. The summed E-state index contributed by atoms with van der Waals surface area (Å²) in [6.45, 7) is 8.93. The van der Waals surface area contributed by atoms with Gasteiger partial charge >= 0.3 is 0 Å². The number of nitrogens with one attached hydrogen (secondary N) is 1. The molecule has 1 aromatic carbocycles. The van der Waals surface area contributed by atoms with E-state index in [1.165, 1.54) is 18.4 Å². The summed E-state index contributed by atoms with van der Waals surface area (Å²) in [5, 5.41) is 7.43. The molecule has 30 heavy (non-hydrogen) atoms. The molecule has 0 bridgehead atoms. The molecule has 162 valence electrons. The number of hydrogen-bond donors (Lipinski definition) is 1. The maximum absolute atomic E-state index is 12.6. The van der Waals surface area contributed by atoms with E-state index in [0.717, 1.165) is 44.3 Å². The minimum absolute atomic E-state index is 0.0617. The second-order valence-electron chi connectivity index (χ2n) is 9.90. The largest absolute Gasteiger partial charge is 0.353 e. The van der Waals surface area contributed by atoms with E-state index in [0.29, 0.717) is 24.3 Å². The first kappa shape index (κ1) is 21.0. The molecule has 1 aliphatic heterocycles. The van der Waals surface area contributed by atoms with Gasteiger partial charge in [-0.25, -0.2) is 0 Å². The van der Waals surface area contributed by atoms with Crippen LogP contribution in [0.3, 0.4) is 0 Å². The first-order valence-corrected chi connectivity index (χ1v) is 11.3. The number of piperidine rings is 1. The summed E-state index contributed by atoms with van der Waals surface area (Å²) in [5.74, 6) is 1.52. The molecule has 6 heteroatoms. The van der Waals surface area contributed by atoms with E-state index >= 15 is 0 Å². The van der Waals surface area contributed by atoms with Crippen molar-refractivity contribution in [1.29, 1.82) is 0 Å². The van der Waals surface area contributed by atoms with Crippen molar-refractivity contribution in [2.45, 2.75) is 77.3 Å². The van der Waals surface area contributed by atoms with Crippen LogP contribution in [-0.4, -0.2) is 40.1 Å². The lowest BCUT2D eigenvalue weighted by Gasteiger charge is -2.31. The highest BCUT2D eigenvalue weighted by molar-refractivity contribution is 5.79. The molecule has 2 aromatic rings. The fourth-order valence-corrected chi connectivity index (χ4v) is 4.55. The molecule has 2 fully saturated rings. The van der Waals surface area contributed by atoms with Crippen LogP contribution in [0, 0.1) is 5.92 Å². The smallest absolute Gasteiger partial charge is 0.241 e. The van der Waals surface area contributed by atoms with Crippen LogP contribution in [0.2, 0.25) is 0 Å². The van der Waals surface area contributed by atoms with E-state index in [2.05, 4.69) is 65.4 Å². The molecule has 6 nitrogen and oxygen atoms in total. The highest BCUT2D eigenvalue weighted by Gasteiger charge is 2.29. The Balaban J connectivity index is 1.34. The molecule has 2 heterocycles. The molecular weight excluding hydrogens is 376 g/mol. The van der Waals surface area contributed by atoms with Crippen molar-refractivity contribution >= 4 is 5.91 Å². The summed E-state index contributed by atoms with van der Waals surface area (Å²) in [4.78, 5) is 19.5. The number of aromatic nitrogens is 2. The van der Waals surface area contributed by atoms with E-state index in [4.69, 9.17) is 4.52 Å². The highest BCUT2D eigenvalue weighted by atomic mass is 16.5. The molecule has 4 rings (SSSR count). The van der Waals surface area contributed by atoms with Gasteiger partial charge in [-0.1, -0.05) is 63.0 Å². The number of rotatable bonds is 5. The summed E-state index contributed by atoms with van der Waals surface area (Å²) < 4.78 is 5.52. The molecule has 1 saturated carbocycles. The Hall–Kier alpha value is -2.21. The average Bonchev–Trinajstić information content (AvgIpc) is 3.40. The van der Waals surface area contributed by atoms with Gasteiger partial charge in [-0.3, -0.25) is 9.69 Å². The van der Waals surface area contributed by atoms with E-state index in [-0.39, 0.29) is 17.2 Å². The van der Waals surface area contributed by atoms with Crippen molar-refractivity contribution in [2.24, 2.45) is 5.92 Å². The predicted molar refractivity (Wildman–Crippen MR) is 117 cm³/mol. The third-order valence-electron chi connectivity index (χ3n) is 6.41. The van der Waals surface area contributed by atoms with Crippen molar-refractivity contribution in [2.75, 3.05) is 13.1 Å². The van der Waals surface area contributed by atoms with Crippen LogP contribution >= 0.6 is 0 Å². The molecule has 0 radical (unpaired) electrons. The van der Waals surface area contributed by atoms with Gasteiger partial charge in [-0.2, -0.15) is 4.98 Å². The summed E-state index contributed by atoms with van der Waals surface area (Å²) >= 11 is 0. The molecule has 1 aromatic heterocycles. The Labute approximate surface area is 179 Å². The first-order chi connectivity index (χ1) is 14.4. The zero-order valence-corrected chi connectivity index (χ0v) is 18.5. The Bertz CT molecular complexity index is 847. The number of benzene rings is 1. The highest BCUT2D eigenvalue weighted by Crippen LogP contribution is 2.26. The van der Waals surface area contributed by atoms with Crippen LogP contribution in [-0.2, 0) is 16.8 Å². The lowest BCUT2D eigenvalue weighted by Crippen LogP contribution is -2.45. The van der Waals surface area contributed by atoms with E-state index in [1.807, 2.05) is 0 Å². The number of hydrogen-bond acceptors (Lipinski definition) is 5. The minimum atomic E-state index is 0.0617. The van der Waals surface area contributed by atoms with Gasteiger partial charge < -0.3 is 9.84 Å². The average molecular weight is 411 g/mol. The molecule has 2 aliphatic rings. The van der Waals surface area contributed by atoms with Crippen molar-refractivity contribution in [1.82, 2.24) is 20.4 Å². The number of carbonyl (C=O) groups is 1. The van der Waals surface area contributed by atoms with Crippen LogP contribution in [0.15, 0.2) is 28.8 Å². The summed E-state index contributed by atoms with van der Waals surface area (Å²) in [6, 6.07) is 8.75. The molecular formula is C24H34N4O2. The van der Waals surface area contributed by atoms with Gasteiger partial charge in [-0.15, -0.1) is 0 Å². The molecule has 1 atom stereocenters. The summed E-state index contributed by atoms with van der Waals surface area (Å²) in [6.07, 6.45) is 6.72. The topological polar surface area (TPSA) is 71.3 Å². The number of likely N-dealkylation sites (tertiary alicyclic amines) is 1. The standard InChI is InChI=1S/C24H34N4O2/c1-24(2,3)19-12-10-17(11-13-19)22-26-21(30-27-22)16-28-14-6-7-18(15-28)23(29)25-20-8-4-5-9-20/h10-13,18,20H,4-9,14-16H2,1-3H3,(H,25,29). The van der Waals surface area contributed by atoms with Crippen LogP contribution < -0.4 is 5.32 Å². The van der Waals surface area contributed by atoms with Crippen molar-refractivity contribution < 1.29 is 9.32 Å². The third kappa shape index (κ3) is 5.09. The fourth-order valence-electron chi connectivity index (χ4n) is 4.55. The van der Waals surface area contributed by atoms with Gasteiger partial charge in [0.05, 0.1) is 12.5 Å². The Morgan fingerprint density at radius 2 is 1.87 bits per heavy atom. The molecule has 1 aliphatic carbocycles. The number of amides is 1. The maximum atomic E-state index is 12.6.